The Morgan fingerprint density at radius 1 is 1.00 bits per heavy atom. The third-order valence-corrected chi connectivity index (χ3v) is 4.01. The zero-order chi connectivity index (χ0) is 14.7. The molecule has 5 heteroatoms. The highest BCUT2D eigenvalue weighted by molar-refractivity contribution is 6.36. The Hall–Kier alpha value is -1.27. The lowest BCUT2D eigenvalue weighted by Gasteiger charge is -2.14. The second-order valence-corrected chi connectivity index (χ2v) is 5.44. The molecule has 0 aliphatic heterocycles. The zero-order valence-electron chi connectivity index (χ0n) is 10.2. The van der Waals surface area contributed by atoms with E-state index in [0.717, 1.165) is 0 Å². The Balaban J connectivity index is 2.43. The van der Waals surface area contributed by atoms with Crippen LogP contribution in [0.3, 0.4) is 0 Å². The summed E-state index contributed by atoms with van der Waals surface area (Å²) in [5.41, 5.74) is 0.786. The Bertz CT molecular complexity index is 639. The summed E-state index contributed by atoms with van der Waals surface area (Å²) in [5.74, 6) is -1.26. The molecule has 1 unspecified atom stereocenters. The topological polar surface area (TPSA) is 23.8 Å². The fourth-order valence-electron chi connectivity index (χ4n) is 1.99. The molecule has 2 aromatic rings. The van der Waals surface area contributed by atoms with Crippen LogP contribution < -0.4 is 0 Å². The first-order chi connectivity index (χ1) is 9.54. The van der Waals surface area contributed by atoms with Crippen LogP contribution >= 0.6 is 34.8 Å². The maximum atomic E-state index is 13.9. The van der Waals surface area contributed by atoms with Crippen molar-refractivity contribution in [3.63, 3.8) is 0 Å². The van der Waals surface area contributed by atoms with Crippen LogP contribution in [0.15, 0.2) is 36.4 Å². The van der Waals surface area contributed by atoms with Gasteiger partial charge >= 0.3 is 0 Å². The van der Waals surface area contributed by atoms with Crippen molar-refractivity contribution in [3.8, 4) is 6.07 Å². The minimum absolute atomic E-state index is 0.174. The largest absolute Gasteiger partial charge is 0.207 e. The van der Waals surface area contributed by atoms with Gasteiger partial charge in [-0.3, -0.25) is 0 Å². The van der Waals surface area contributed by atoms with E-state index in [0.29, 0.717) is 15.6 Å². The molecule has 0 aliphatic rings. The summed E-state index contributed by atoms with van der Waals surface area (Å²) in [6.07, 6.45) is 0.204. The van der Waals surface area contributed by atoms with E-state index < -0.39 is 11.7 Å². The highest BCUT2D eigenvalue weighted by Gasteiger charge is 2.21. The molecule has 2 rings (SSSR count). The van der Waals surface area contributed by atoms with Crippen LogP contribution in [0.5, 0.6) is 0 Å². The van der Waals surface area contributed by atoms with E-state index in [1.807, 2.05) is 0 Å². The monoisotopic (exact) mass is 327 g/mol. The van der Waals surface area contributed by atoms with E-state index in [-0.39, 0.29) is 17.0 Å². The van der Waals surface area contributed by atoms with Crippen LogP contribution in [0.1, 0.15) is 17.0 Å². The van der Waals surface area contributed by atoms with Crippen LogP contribution in [0.4, 0.5) is 4.39 Å². The van der Waals surface area contributed by atoms with Crippen molar-refractivity contribution in [3.05, 3.63) is 68.4 Å². The quantitative estimate of drug-likeness (QED) is 0.715. The van der Waals surface area contributed by atoms with Gasteiger partial charge < -0.3 is 0 Å². The highest BCUT2D eigenvalue weighted by atomic mass is 35.5. The van der Waals surface area contributed by atoms with E-state index in [4.69, 9.17) is 34.8 Å². The van der Waals surface area contributed by atoms with Gasteiger partial charge in [-0.25, -0.2) is 4.39 Å². The van der Waals surface area contributed by atoms with Crippen molar-refractivity contribution in [2.24, 2.45) is 0 Å². The molecule has 0 aliphatic carbocycles. The lowest BCUT2D eigenvalue weighted by Crippen LogP contribution is -2.05. The van der Waals surface area contributed by atoms with Crippen LogP contribution in [0.2, 0.25) is 15.1 Å². The van der Waals surface area contributed by atoms with Gasteiger partial charge in [0.2, 0.25) is 0 Å². The van der Waals surface area contributed by atoms with Gasteiger partial charge in [0.05, 0.1) is 12.0 Å². The van der Waals surface area contributed by atoms with Crippen molar-refractivity contribution in [1.29, 1.82) is 5.26 Å². The van der Waals surface area contributed by atoms with Crippen molar-refractivity contribution >= 4 is 34.8 Å². The third-order valence-electron chi connectivity index (χ3n) is 2.97. The van der Waals surface area contributed by atoms with Crippen molar-refractivity contribution in [2.75, 3.05) is 0 Å². The van der Waals surface area contributed by atoms with E-state index in [1.54, 1.807) is 24.3 Å². The van der Waals surface area contributed by atoms with Crippen molar-refractivity contribution < 1.29 is 4.39 Å². The second-order valence-electron chi connectivity index (χ2n) is 4.22. The molecule has 20 heavy (non-hydrogen) atoms. The fourth-order valence-corrected chi connectivity index (χ4v) is 2.83. The molecule has 0 saturated carbocycles. The van der Waals surface area contributed by atoms with Crippen LogP contribution in [0.25, 0.3) is 0 Å². The van der Waals surface area contributed by atoms with Gasteiger partial charge in [-0.15, -0.1) is 0 Å². The van der Waals surface area contributed by atoms with Crippen molar-refractivity contribution in [1.82, 2.24) is 0 Å². The van der Waals surface area contributed by atoms with Gasteiger partial charge in [-0.05, 0) is 36.2 Å². The molecule has 0 heterocycles. The molecular weight excluding hydrogens is 320 g/mol. The predicted octanol–water partition coefficient (Wildman–Crippen LogP) is 5.64. The number of hydrogen-bond acceptors (Lipinski definition) is 1. The molecule has 1 nitrogen and oxygen atoms in total. The standard InChI is InChI=1S/C15H9Cl3FN/c16-11-3-1-4-12(17)10(11)7-9(8-20)15-13(18)5-2-6-14(15)19/h1-6,9H,7H2. The third kappa shape index (κ3) is 3.07. The van der Waals surface area contributed by atoms with Gasteiger partial charge in [0.15, 0.2) is 0 Å². The SMILES string of the molecule is N#CC(Cc1c(Cl)cccc1Cl)c1c(F)cccc1Cl. The predicted molar refractivity (Wildman–Crippen MR) is 79.9 cm³/mol. The summed E-state index contributed by atoms with van der Waals surface area (Å²) in [4.78, 5) is 0. The number of hydrogen-bond donors (Lipinski definition) is 0. The van der Waals surface area contributed by atoms with Gasteiger partial charge in [0.25, 0.3) is 0 Å². The lowest BCUT2D eigenvalue weighted by atomic mass is 9.92. The van der Waals surface area contributed by atoms with Crippen LogP contribution in [-0.4, -0.2) is 0 Å². The molecule has 0 amide bonds. The number of nitriles is 1. The summed E-state index contributed by atoms with van der Waals surface area (Å²) in [6.45, 7) is 0. The molecule has 0 fully saturated rings. The van der Waals surface area contributed by atoms with Crippen molar-refractivity contribution in [2.45, 2.75) is 12.3 Å². The normalized spacial score (nSPS) is 11.9. The maximum absolute atomic E-state index is 13.9. The van der Waals surface area contributed by atoms with E-state index in [9.17, 15) is 9.65 Å². The Morgan fingerprint density at radius 3 is 2.10 bits per heavy atom. The molecular formula is C15H9Cl3FN. The highest BCUT2D eigenvalue weighted by Crippen LogP contribution is 2.34. The van der Waals surface area contributed by atoms with Crippen LogP contribution in [0, 0.1) is 17.1 Å². The van der Waals surface area contributed by atoms with E-state index in [2.05, 4.69) is 6.07 Å². The first kappa shape index (κ1) is 15.1. The molecule has 0 bridgehead atoms. The molecule has 0 N–H and O–H groups in total. The number of benzene rings is 2. The van der Waals surface area contributed by atoms with Crippen LogP contribution in [-0.2, 0) is 6.42 Å². The summed E-state index contributed by atoms with van der Waals surface area (Å²) in [7, 11) is 0. The van der Waals surface area contributed by atoms with Gasteiger partial charge in [0.1, 0.15) is 5.82 Å². The lowest BCUT2D eigenvalue weighted by molar-refractivity contribution is 0.600. The molecule has 0 aromatic heterocycles. The van der Waals surface area contributed by atoms with E-state index >= 15 is 0 Å². The second kappa shape index (κ2) is 6.45. The summed E-state index contributed by atoms with van der Waals surface area (Å²) in [5, 5.41) is 10.4. The molecule has 1 atom stereocenters. The van der Waals surface area contributed by atoms with E-state index in [1.165, 1.54) is 12.1 Å². The number of rotatable bonds is 3. The fraction of sp³-hybridized carbons (Fsp3) is 0.133. The molecule has 0 radical (unpaired) electrons. The van der Waals surface area contributed by atoms with Gasteiger partial charge in [-0.2, -0.15) is 5.26 Å². The Morgan fingerprint density at radius 2 is 1.55 bits per heavy atom. The average molecular weight is 329 g/mol. The minimum Gasteiger partial charge on any atom is -0.207 e. The zero-order valence-corrected chi connectivity index (χ0v) is 12.5. The molecule has 102 valence electrons. The summed E-state index contributed by atoms with van der Waals surface area (Å²) >= 11 is 18.1. The first-order valence-corrected chi connectivity index (χ1v) is 6.94. The Labute approximate surface area is 131 Å². The molecule has 0 spiro atoms. The summed E-state index contributed by atoms with van der Waals surface area (Å²) < 4.78 is 13.9. The first-order valence-electron chi connectivity index (χ1n) is 5.81. The van der Waals surface area contributed by atoms with Gasteiger partial charge in [-0.1, -0.05) is 46.9 Å². The molecule has 2 aromatic carbocycles. The number of nitrogens with zero attached hydrogens (tertiary/aromatic N) is 1. The maximum Gasteiger partial charge on any atom is 0.129 e. The smallest absolute Gasteiger partial charge is 0.129 e. The minimum atomic E-state index is -0.749. The number of halogens is 4. The summed E-state index contributed by atoms with van der Waals surface area (Å²) in [6, 6.07) is 11.5. The average Bonchev–Trinajstić information content (AvgIpc) is 2.40. The Kier molecular flexibility index (Phi) is 4.88. The van der Waals surface area contributed by atoms with Gasteiger partial charge in [0, 0.05) is 20.6 Å². The molecule has 0 saturated heterocycles.